The predicted molar refractivity (Wildman–Crippen MR) is 130 cm³/mol. The lowest BCUT2D eigenvalue weighted by molar-refractivity contribution is -0.149. The molecule has 0 unspecified atom stereocenters. The number of hydrogen-bond acceptors (Lipinski definition) is 4. The Morgan fingerprint density at radius 3 is 2.50 bits per heavy atom. The lowest BCUT2D eigenvalue weighted by Crippen LogP contribution is -2.45. The van der Waals surface area contributed by atoms with E-state index in [-0.39, 0.29) is 41.8 Å². The Labute approximate surface area is 197 Å². The number of hydrogen-bond donors (Lipinski definition) is 2. The summed E-state index contributed by atoms with van der Waals surface area (Å²) in [4.78, 5) is 29.9. The third kappa shape index (κ3) is 8.12. The molecule has 1 fully saturated rings. The van der Waals surface area contributed by atoms with Crippen LogP contribution in [-0.2, 0) is 16.0 Å². The van der Waals surface area contributed by atoms with Crippen molar-refractivity contribution in [2.75, 3.05) is 34.3 Å². The minimum atomic E-state index is -0.0663. The molecule has 1 aromatic rings. The van der Waals surface area contributed by atoms with Crippen molar-refractivity contribution in [3.8, 4) is 0 Å². The van der Waals surface area contributed by atoms with Gasteiger partial charge in [0, 0.05) is 39.3 Å². The number of nitrogens with zero attached hydrogens (tertiary/aromatic N) is 2. The Morgan fingerprint density at radius 2 is 1.90 bits per heavy atom. The van der Waals surface area contributed by atoms with E-state index in [4.69, 9.17) is 4.74 Å². The van der Waals surface area contributed by atoms with Gasteiger partial charge in [-0.05, 0) is 56.7 Å². The largest absolute Gasteiger partial charge is 0.466 e. The molecule has 7 nitrogen and oxygen atoms in total. The molecule has 0 radical (unpaired) electrons. The number of esters is 1. The van der Waals surface area contributed by atoms with Crippen LogP contribution in [0, 0.1) is 5.92 Å². The van der Waals surface area contributed by atoms with E-state index in [1.54, 1.807) is 26.0 Å². The first-order valence-electron chi connectivity index (χ1n) is 10.4. The molecule has 0 aliphatic heterocycles. The average molecular weight is 530 g/mol. The van der Waals surface area contributed by atoms with Crippen LogP contribution in [0.1, 0.15) is 48.5 Å². The highest BCUT2D eigenvalue weighted by Gasteiger charge is 2.27. The van der Waals surface area contributed by atoms with Crippen LogP contribution in [0.5, 0.6) is 0 Å². The Kier molecular flexibility index (Phi) is 11.8. The second-order valence-electron chi connectivity index (χ2n) is 7.59. The van der Waals surface area contributed by atoms with Crippen molar-refractivity contribution < 1.29 is 14.3 Å². The van der Waals surface area contributed by atoms with Crippen molar-refractivity contribution in [2.45, 2.75) is 45.1 Å². The van der Waals surface area contributed by atoms with Gasteiger partial charge < -0.3 is 20.3 Å². The van der Waals surface area contributed by atoms with Gasteiger partial charge in [-0.25, -0.2) is 0 Å². The van der Waals surface area contributed by atoms with Crippen LogP contribution in [0.25, 0.3) is 0 Å². The summed E-state index contributed by atoms with van der Waals surface area (Å²) in [6.07, 6.45) is 4.35. The molecule has 0 atom stereocenters. The van der Waals surface area contributed by atoms with Crippen molar-refractivity contribution in [3.63, 3.8) is 0 Å². The third-order valence-corrected chi connectivity index (χ3v) is 5.20. The van der Waals surface area contributed by atoms with Crippen molar-refractivity contribution in [1.29, 1.82) is 0 Å². The quantitative estimate of drug-likeness (QED) is 0.245. The van der Waals surface area contributed by atoms with Gasteiger partial charge in [-0.1, -0.05) is 12.1 Å². The first kappa shape index (κ1) is 26.2. The van der Waals surface area contributed by atoms with Gasteiger partial charge in [0.1, 0.15) is 0 Å². The smallest absolute Gasteiger partial charge is 0.308 e. The lowest BCUT2D eigenvalue weighted by atomic mass is 9.86. The minimum Gasteiger partial charge on any atom is -0.466 e. The lowest BCUT2D eigenvalue weighted by Gasteiger charge is -2.29. The number of carbonyl (C=O) groups excluding carboxylic acids is 2. The molecule has 1 amide bonds. The monoisotopic (exact) mass is 530 g/mol. The van der Waals surface area contributed by atoms with E-state index in [0.29, 0.717) is 18.2 Å². The standard InChI is InChI=1S/C22H34N4O3.HI/c1-5-29-21(28)17-9-11-19(12-10-17)25-22(23-2)24-14-13-16-7-6-8-18(15-16)20(27)26(3)4;/h6-8,15,17,19H,5,9-14H2,1-4H3,(H2,23,24,25);1H. The Balaban J connectivity index is 0.00000450. The highest BCUT2D eigenvalue weighted by molar-refractivity contribution is 14.0. The van der Waals surface area contributed by atoms with Crippen LogP contribution in [-0.4, -0.2) is 63.1 Å². The normalized spacial score (nSPS) is 18.7. The Hall–Kier alpha value is -1.84. The van der Waals surface area contributed by atoms with Crippen molar-refractivity contribution in [2.24, 2.45) is 10.9 Å². The number of aliphatic imine (C=N–C) groups is 1. The summed E-state index contributed by atoms with van der Waals surface area (Å²) in [5.41, 5.74) is 1.81. The molecule has 1 aliphatic rings. The van der Waals surface area contributed by atoms with E-state index < -0.39 is 0 Å². The average Bonchev–Trinajstić information content (AvgIpc) is 2.73. The van der Waals surface area contributed by atoms with Crippen LogP contribution in [0.3, 0.4) is 0 Å². The van der Waals surface area contributed by atoms with E-state index in [2.05, 4.69) is 15.6 Å². The van der Waals surface area contributed by atoms with E-state index in [0.717, 1.165) is 50.2 Å². The van der Waals surface area contributed by atoms with Crippen molar-refractivity contribution in [3.05, 3.63) is 35.4 Å². The number of guanidine groups is 1. The number of ether oxygens (including phenoxy) is 1. The van der Waals surface area contributed by atoms with Crippen LogP contribution < -0.4 is 10.6 Å². The van der Waals surface area contributed by atoms with Crippen LogP contribution >= 0.6 is 24.0 Å². The van der Waals surface area contributed by atoms with Gasteiger partial charge in [0.05, 0.1) is 12.5 Å². The molecule has 2 rings (SSSR count). The number of halogens is 1. The van der Waals surface area contributed by atoms with E-state index in [1.165, 1.54) is 0 Å². The SMILES string of the molecule is CCOC(=O)C1CCC(NC(=NC)NCCc2cccc(C(=O)N(C)C)c2)CC1.I. The van der Waals surface area contributed by atoms with E-state index in [1.807, 2.05) is 31.2 Å². The third-order valence-electron chi connectivity index (χ3n) is 5.20. The number of benzene rings is 1. The first-order valence-corrected chi connectivity index (χ1v) is 10.4. The topological polar surface area (TPSA) is 83.0 Å². The molecule has 2 N–H and O–H groups in total. The second-order valence-corrected chi connectivity index (χ2v) is 7.59. The van der Waals surface area contributed by atoms with Gasteiger partial charge in [-0.3, -0.25) is 14.6 Å². The van der Waals surface area contributed by atoms with Gasteiger partial charge in [0.25, 0.3) is 5.91 Å². The summed E-state index contributed by atoms with van der Waals surface area (Å²) in [7, 11) is 5.27. The highest BCUT2D eigenvalue weighted by atomic mass is 127. The van der Waals surface area contributed by atoms with Gasteiger partial charge >= 0.3 is 5.97 Å². The molecule has 0 saturated heterocycles. The summed E-state index contributed by atoms with van der Waals surface area (Å²) in [5.74, 6) is 0.740. The molecular formula is C22H35IN4O3. The fraction of sp³-hybridized carbons (Fsp3) is 0.591. The zero-order valence-corrected chi connectivity index (χ0v) is 20.8. The molecule has 1 aromatic carbocycles. The summed E-state index contributed by atoms with van der Waals surface area (Å²) < 4.78 is 5.13. The molecule has 30 heavy (non-hydrogen) atoms. The summed E-state index contributed by atoms with van der Waals surface area (Å²) in [6, 6.07) is 8.04. The molecule has 0 bridgehead atoms. The molecule has 168 valence electrons. The summed E-state index contributed by atoms with van der Waals surface area (Å²) in [5, 5.41) is 6.80. The zero-order chi connectivity index (χ0) is 21.2. The minimum absolute atomic E-state index is 0. The maximum absolute atomic E-state index is 12.1. The second kappa shape index (κ2) is 13.5. The predicted octanol–water partition coefficient (Wildman–Crippen LogP) is 2.84. The Morgan fingerprint density at radius 1 is 1.20 bits per heavy atom. The zero-order valence-electron chi connectivity index (χ0n) is 18.4. The molecule has 1 saturated carbocycles. The molecule has 0 spiro atoms. The number of amides is 1. The maximum atomic E-state index is 12.1. The number of rotatable bonds is 7. The van der Waals surface area contributed by atoms with Crippen molar-refractivity contribution in [1.82, 2.24) is 15.5 Å². The van der Waals surface area contributed by atoms with Gasteiger partial charge in [0.15, 0.2) is 5.96 Å². The molecule has 0 aromatic heterocycles. The van der Waals surface area contributed by atoms with E-state index in [9.17, 15) is 9.59 Å². The van der Waals surface area contributed by atoms with Gasteiger partial charge in [-0.2, -0.15) is 0 Å². The highest BCUT2D eigenvalue weighted by Crippen LogP contribution is 2.25. The molecule has 1 aliphatic carbocycles. The van der Waals surface area contributed by atoms with E-state index >= 15 is 0 Å². The molecular weight excluding hydrogens is 495 g/mol. The van der Waals surface area contributed by atoms with Crippen molar-refractivity contribution >= 4 is 41.8 Å². The van der Waals surface area contributed by atoms with Gasteiger partial charge in [0.2, 0.25) is 0 Å². The van der Waals surface area contributed by atoms with Crippen LogP contribution in [0.15, 0.2) is 29.3 Å². The first-order chi connectivity index (χ1) is 13.9. The summed E-state index contributed by atoms with van der Waals surface area (Å²) >= 11 is 0. The molecule has 0 heterocycles. The fourth-order valence-corrected chi connectivity index (χ4v) is 3.56. The van der Waals surface area contributed by atoms with Crippen LogP contribution in [0.2, 0.25) is 0 Å². The maximum Gasteiger partial charge on any atom is 0.308 e. The number of carbonyl (C=O) groups is 2. The number of nitrogens with one attached hydrogen (secondary N) is 2. The van der Waals surface area contributed by atoms with Crippen LogP contribution in [0.4, 0.5) is 0 Å². The molecule has 8 heteroatoms. The Bertz CT molecular complexity index is 716. The summed E-state index contributed by atoms with van der Waals surface area (Å²) in [6.45, 7) is 3.01. The van der Waals surface area contributed by atoms with Gasteiger partial charge in [-0.15, -0.1) is 24.0 Å². The fourth-order valence-electron chi connectivity index (χ4n) is 3.56.